The quantitative estimate of drug-likeness (QED) is 0.0359. The molecule has 4 amide bonds. The molecule has 0 spiro atoms. The molecule has 56 heavy (non-hydrogen) atoms. The summed E-state index contributed by atoms with van der Waals surface area (Å²) in [5.74, 6) is 0.356. The molecular weight excluding hydrogens is 713 g/mol. The largest absolute Gasteiger partial charge is 0.464 e. The highest BCUT2D eigenvalue weighted by molar-refractivity contribution is 6.08. The minimum atomic E-state index is -0.932. The third-order valence-corrected chi connectivity index (χ3v) is 14.1. The van der Waals surface area contributed by atoms with Gasteiger partial charge in [0, 0.05) is 12.5 Å². The topological polar surface area (TPSA) is 153 Å². The minimum absolute atomic E-state index is 0.0729. The van der Waals surface area contributed by atoms with E-state index in [2.05, 4.69) is 15.6 Å². The lowest BCUT2D eigenvalue weighted by Gasteiger charge is -2.46. The number of esters is 1. The Morgan fingerprint density at radius 2 is 1.02 bits per heavy atom. The number of likely N-dealkylation sites (tertiary alicyclic amines) is 1. The van der Waals surface area contributed by atoms with E-state index in [1.54, 1.807) is 0 Å². The van der Waals surface area contributed by atoms with Gasteiger partial charge in [0.25, 0.3) is 0 Å². The molecule has 0 bridgehead atoms. The first-order valence-electron chi connectivity index (χ1n) is 22.8. The standard InChI is InChI=1S/C44H70N4O8/c49-39(36-25-23-35(24-26-36)34-20-11-4-12-21-34)48-38(41(51)54-28-31-14-5-1-6-15-31)37(40(48)50)22-13-27-45-42(46-43(52)55-29-32-16-7-2-8-17-32)47-44(53)56-30-33-18-9-3-10-19-33/h31-38H,1-30H2,(H2,45,46,47,52,53)/t35?,36?,37-,38?/m1/s1. The number of amides is 4. The highest BCUT2D eigenvalue weighted by atomic mass is 16.6. The molecule has 1 saturated heterocycles. The average Bonchev–Trinajstić information content (AvgIpc) is 3.24. The van der Waals surface area contributed by atoms with Gasteiger partial charge in [-0.05, 0) is 107 Å². The molecule has 5 saturated carbocycles. The fourth-order valence-corrected chi connectivity index (χ4v) is 10.6. The second kappa shape index (κ2) is 22.1. The summed E-state index contributed by atoms with van der Waals surface area (Å²) in [7, 11) is 0. The monoisotopic (exact) mass is 783 g/mol. The van der Waals surface area contributed by atoms with Crippen molar-refractivity contribution < 1.29 is 38.2 Å². The summed E-state index contributed by atoms with van der Waals surface area (Å²) < 4.78 is 16.9. The smallest absolute Gasteiger partial charge is 0.413 e. The van der Waals surface area contributed by atoms with Gasteiger partial charge in [0.15, 0.2) is 0 Å². The van der Waals surface area contributed by atoms with Crippen LogP contribution in [0.1, 0.15) is 167 Å². The number of hydrogen-bond acceptors (Lipinski definition) is 9. The molecule has 1 heterocycles. The maximum atomic E-state index is 13.9. The van der Waals surface area contributed by atoms with Gasteiger partial charge in [-0.3, -0.25) is 30.1 Å². The van der Waals surface area contributed by atoms with Crippen molar-refractivity contribution in [2.24, 2.45) is 46.4 Å². The zero-order valence-corrected chi connectivity index (χ0v) is 34.0. The number of guanidine groups is 1. The second-order valence-corrected chi connectivity index (χ2v) is 18.1. The molecule has 1 unspecified atom stereocenters. The fraction of sp³-hybridized carbons (Fsp3) is 0.864. The van der Waals surface area contributed by atoms with Crippen molar-refractivity contribution in [3.8, 4) is 0 Å². The highest BCUT2D eigenvalue weighted by Gasteiger charge is 2.56. The number of nitrogens with zero attached hydrogens (tertiary/aromatic N) is 2. The van der Waals surface area contributed by atoms with E-state index in [9.17, 15) is 24.0 Å². The first kappa shape index (κ1) is 42.4. The number of nitrogens with one attached hydrogen (secondary N) is 2. The van der Waals surface area contributed by atoms with Crippen LogP contribution in [0.25, 0.3) is 0 Å². The Hall–Kier alpha value is -3.18. The predicted molar refractivity (Wildman–Crippen MR) is 212 cm³/mol. The maximum absolute atomic E-state index is 13.9. The SMILES string of the molecule is O=C(NC(=NCCC[C@H]1C(=O)N(C(=O)C2CCC(C3CCCCC3)CC2)C1C(=O)OCC1CCCCC1)NC(=O)OCC1CCCCC1)OCC1CCCCC1. The molecule has 6 fully saturated rings. The van der Waals surface area contributed by atoms with Crippen LogP contribution in [0.3, 0.4) is 0 Å². The van der Waals surface area contributed by atoms with Crippen LogP contribution in [0.4, 0.5) is 9.59 Å². The third kappa shape index (κ3) is 12.4. The molecular formula is C44H70N4O8. The molecule has 12 nitrogen and oxygen atoms in total. The number of β-lactam (4-membered cyclic amide) rings is 1. The van der Waals surface area contributed by atoms with Crippen LogP contribution in [0, 0.1) is 41.4 Å². The second-order valence-electron chi connectivity index (χ2n) is 18.1. The lowest BCUT2D eigenvalue weighted by molar-refractivity contribution is -0.182. The summed E-state index contributed by atoms with van der Waals surface area (Å²) in [6.45, 7) is 1.10. The van der Waals surface area contributed by atoms with Gasteiger partial charge in [-0.1, -0.05) is 89.9 Å². The summed E-state index contributed by atoms with van der Waals surface area (Å²) in [4.78, 5) is 72.7. The summed E-state index contributed by atoms with van der Waals surface area (Å²) in [6.07, 6.45) is 25.9. The molecule has 0 radical (unpaired) electrons. The van der Waals surface area contributed by atoms with Gasteiger partial charge in [-0.2, -0.15) is 0 Å². The number of hydrogen-bond donors (Lipinski definition) is 2. The fourth-order valence-electron chi connectivity index (χ4n) is 10.6. The molecule has 2 atom stereocenters. The Bertz CT molecular complexity index is 1290. The van der Waals surface area contributed by atoms with E-state index in [-0.39, 0.29) is 30.2 Å². The average molecular weight is 783 g/mol. The summed E-state index contributed by atoms with van der Waals surface area (Å²) in [6, 6.07) is -0.932. The Morgan fingerprint density at radius 3 is 1.52 bits per heavy atom. The van der Waals surface area contributed by atoms with E-state index >= 15 is 0 Å². The zero-order valence-electron chi connectivity index (χ0n) is 34.0. The van der Waals surface area contributed by atoms with Gasteiger partial charge in [0.2, 0.25) is 17.8 Å². The van der Waals surface area contributed by atoms with E-state index < -0.39 is 30.1 Å². The van der Waals surface area contributed by atoms with Crippen LogP contribution in [0.2, 0.25) is 0 Å². The highest BCUT2D eigenvalue weighted by Crippen LogP contribution is 2.42. The van der Waals surface area contributed by atoms with Gasteiger partial charge in [-0.15, -0.1) is 0 Å². The van der Waals surface area contributed by atoms with Gasteiger partial charge >= 0.3 is 18.2 Å². The van der Waals surface area contributed by atoms with Crippen LogP contribution in [0.5, 0.6) is 0 Å². The van der Waals surface area contributed by atoms with Crippen molar-refractivity contribution >= 4 is 35.9 Å². The molecule has 6 aliphatic rings. The van der Waals surface area contributed by atoms with E-state index in [4.69, 9.17) is 14.2 Å². The Balaban J connectivity index is 1.04. The Morgan fingerprint density at radius 1 is 0.571 bits per heavy atom. The van der Waals surface area contributed by atoms with Crippen molar-refractivity contribution in [1.29, 1.82) is 0 Å². The molecule has 6 rings (SSSR count). The Labute approximate surface area is 334 Å². The number of ether oxygens (including phenoxy) is 3. The van der Waals surface area contributed by atoms with Crippen molar-refractivity contribution in [3.05, 3.63) is 0 Å². The summed E-state index contributed by atoms with van der Waals surface area (Å²) in [5.41, 5.74) is 0. The predicted octanol–water partition coefficient (Wildman–Crippen LogP) is 8.60. The molecule has 314 valence electrons. The normalized spacial score (nSPS) is 27.1. The molecule has 1 aliphatic heterocycles. The lowest BCUT2D eigenvalue weighted by atomic mass is 9.70. The van der Waals surface area contributed by atoms with Crippen molar-refractivity contribution in [1.82, 2.24) is 15.5 Å². The maximum Gasteiger partial charge on any atom is 0.413 e. The van der Waals surface area contributed by atoms with Gasteiger partial charge in [0.05, 0.1) is 25.7 Å². The third-order valence-electron chi connectivity index (χ3n) is 14.1. The lowest BCUT2D eigenvalue weighted by Crippen LogP contribution is -2.67. The van der Waals surface area contributed by atoms with E-state index in [1.807, 2.05) is 0 Å². The van der Waals surface area contributed by atoms with E-state index in [0.717, 1.165) is 109 Å². The molecule has 5 aliphatic carbocycles. The van der Waals surface area contributed by atoms with E-state index in [1.165, 1.54) is 56.3 Å². The molecule has 0 aromatic rings. The van der Waals surface area contributed by atoms with Crippen LogP contribution in [-0.4, -0.2) is 73.2 Å². The minimum Gasteiger partial charge on any atom is -0.464 e. The van der Waals surface area contributed by atoms with Gasteiger partial charge in [0.1, 0.15) is 6.04 Å². The number of carbonyl (C=O) groups excluding carboxylic acids is 5. The number of alkyl carbamates (subject to hydrolysis) is 2. The van der Waals surface area contributed by atoms with Crippen LogP contribution < -0.4 is 10.6 Å². The van der Waals surface area contributed by atoms with Gasteiger partial charge < -0.3 is 14.2 Å². The summed E-state index contributed by atoms with van der Waals surface area (Å²) in [5, 5.41) is 5.18. The number of imide groups is 1. The molecule has 0 aromatic carbocycles. The van der Waals surface area contributed by atoms with Crippen LogP contribution >= 0.6 is 0 Å². The molecule has 12 heteroatoms. The first-order valence-corrected chi connectivity index (χ1v) is 22.8. The number of carbonyl (C=O) groups is 5. The van der Waals surface area contributed by atoms with Crippen LogP contribution in [0.15, 0.2) is 4.99 Å². The zero-order chi connectivity index (χ0) is 39.1. The van der Waals surface area contributed by atoms with Gasteiger partial charge in [-0.25, -0.2) is 14.4 Å². The Kier molecular flexibility index (Phi) is 16.7. The van der Waals surface area contributed by atoms with Crippen molar-refractivity contribution in [2.45, 2.75) is 173 Å². The van der Waals surface area contributed by atoms with Crippen molar-refractivity contribution in [2.75, 3.05) is 26.4 Å². The number of aliphatic imine (C=N–C) groups is 1. The summed E-state index contributed by atoms with van der Waals surface area (Å²) >= 11 is 0. The number of rotatable bonds is 13. The molecule has 2 N–H and O–H groups in total. The van der Waals surface area contributed by atoms with Crippen LogP contribution in [-0.2, 0) is 28.6 Å². The van der Waals surface area contributed by atoms with Crippen molar-refractivity contribution in [3.63, 3.8) is 0 Å². The first-order chi connectivity index (χ1) is 27.4. The van der Waals surface area contributed by atoms with E-state index in [0.29, 0.717) is 56.3 Å². The molecule has 0 aromatic heterocycles.